The fraction of sp³-hybridized carbons (Fsp3) is 0.545. The van der Waals surface area contributed by atoms with Crippen molar-refractivity contribution >= 4 is 5.78 Å². The normalized spacial score (nSPS) is 12.4. The van der Waals surface area contributed by atoms with Crippen LogP contribution in [0.2, 0.25) is 0 Å². The number of aryl methyl sites for hydroxylation is 1. The zero-order valence-corrected chi connectivity index (χ0v) is 9.64. The first-order chi connectivity index (χ1) is 7.65. The number of aromatic nitrogens is 2. The molecule has 0 aromatic carbocycles. The zero-order chi connectivity index (χ0) is 12.0. The van der Waals surface area contributed by atoms with Crippen molar-refractivity contribution in [3.05, 3.63) is 23.8 Å². The van der Waals surface area contributed by atoms with Crippen LogP contribution in [0, 0.1) is 6.92 Å². The van der Waals surface area contributed by atoms with Gasteiger partial charge in [-0.15, -0.1) is 0 Å². The Hall–Kier alpha value is -1.33. The quantitative estimate of drug-likeness (QED) is 0.719. The Bertz CT molecular complexity index is 355. The standard InChI is InChI=1S/C11H17N3O2/c1-8-11(14-5-4-13-8)10(15)7-9(12)3-6-16-2/h4-5,9H,3,6-7,12H2,1-2H3. The highest BCUT2D eigenvalue weighted by molar-refractivity contribution is 5.95. The van der Waals surface area contributed by atoms with Gasteiger partial charge in [0.2, 0.25) is 0 Å². The Balaban J connectivity index is 2.56. The lowest BCUT2D eigenvalue weighted by Crippen LogP contribution is -2.26. The van der Waals surface area contributed by atoms with E-state index in [4.69, 9.17) is 10.5 Å². The minimum Gasteiger partial charge on any atom is -0.385 e. The zero-order valence-electron chi connectivity index (χ0n) is 9.64. The van der Waals surface area contributed by atoms with E-state index in [-0.39, 0.29) is 18.2 Å². The Morgan fingerprint density at radius 1 is 1.50 bits per heavy atom. The second-order valence-electron chi connectivity index (χ2n) is 3.66. The summed E-state index contributed by atoms with van der Waals surface area (Å²) in [7, 11) is 1.61. The second-order valence-corrected chi connectivity index (χ2v) is 3.66. The molecule has 1 atom stereocenters. The first-order valence-corrected chi connectivity index (χ1v) is 5.20. The van der Waals surface area contributed by atoms with Gasteiger partial charge in [0.15, 0.2) is 5.78 Å². The van der Waals surface area contributed by atoms with E-state index in [9.17, 15) is 4.79 Å². The summed E-state index contributed by atoms with van der Waals surface area (Å²) in [4.78, 5) is 19.8. The number of hydrogen-bond acceptors (Lipinski definition) is 5. The van der Waals surface area contributed by atoms with Gasteiger partial charge in [0, 0.05) is 38.6 Å². The van der Waals surface area contributed by atoms with E-state index < -0.39 is 0 Å². The van der Waals surface area contributed by atoms with E-state index in [1.165, 1.54) is 6.20 Å². The Labute approximate surface area is 95.0 Å². The number of methoxy groups -OCH3 is 1. The molecule has 16 heavy (non-hydrogen) atoms. The van der Waals surface area contributed by atoms with Crippen LogP contribution in [-0.4, -0.2) is 35.5 Å². The molecule has 0 bridgehead atoms. The van der Waals surface area contributed by atoms with Crippen LogP contribution in [0.1, 0.15) is 29.0 Å². The third kappa shape index (κ3) is 3.67. The molecule has 0 spiro atoms. The van der Waals surface area contributed by atoms with Gasteiger partial charge in [0.05, 0.1) is 5.69 Å². The number of hydrogen-bond donors (Lipinski definition) is 1. The summed E-state index contributed by atoms with van der Waals surface area (Å²) in [5.74, 6) is -0.0609. The smallest absolute Gasteiger partial charge is 0.184 e. The van der Waals surface area contributed by atoms with Gasteiger partial charge in [-0.2, -0.15) is 0 Å². The van der Waals surface area contributed by atoms with Crippen LogP contribution >= 0.6 is 0 Å². The molecule has 1 aromatic heterocycles. The molecule has 0 amide bonds. The van der Waals surface area contributed by atoms with Crippen molar-refractivity contribution in [3.63, 3.8) is 0 Å². The van der Waals surface area contributed by atoms with Crippen molar-refractivity contribution in [3.8, 4) is 0 Å². The van der Waals surface area contributed by atoms with Crippen LogP contribution in [0.4, 0.5) is 0 Å². The minimum atomic E-state index is -0.186. The lowest BCUT2D eigenvalue weighted by Gasteiger charge is -2.10. The maximum Gasteiger partial charge on any atom is 0.184 e. The van der Waals surface area contributed by atoms with Crippen molar-refractivity contribution in [1.82, 2.24) is 9.97 Å². The molecule has 0 aliphatic heterocycles. The molecular formula is C11H17N3O2. The van der Waals surface area contributed by atoms with Crippen molar-refractivity contribution in [2.75, 3.05) is 13.7 Å². The first kappa shape index (κ1) is 12.7. The number of carbonyl (C=O) groups is 1. The number of Topliss-reactive ketones (excluding diaryl/α,β-unsaturated/α-hetero) is 1. The fourth-order valence-electron chi connectivity index (χ4n) is 1.39. The third-order valence-electron chi connectivity index (χ3n) is 2.29. The van der Waals surface area contributed by atoms with Crippen molar-refractivity contribution in [2.24, 2.45) is 5.73 Å². The van der Waals surface area contributed by atoms with E-state index in [1.54, 1.807) is 20.2 Å². The SMILES string of the molecule is COCCC(N)CC(=O)c1nccnc1C. The molecule has 0 saturated heterocycles. The molecule has 0 aliphatic carbocycles. The van der Waals surface area contributed by atoms with Crippen LogP contribution in [0.15, 0.2) is 12.4 Å². The van der Waals surface area contributed by atoms with Gasteiger partial charge in [0.1, 0.15) is 5.69 Å². The lowest BCUT2D eigenvalue weighted by atomic mass is 10.1. The van der Waals surface area contributed by atoms with Crippen LogP contribution in [0.3, 0.4) is 0 Å². The van der Waals surface area contributed by atoms with E-state index in [0.29, 0.717) is 24.4 Å². The van der Waals surface area contributed by atoms with Crippen molar-refractivity contribution in [2.45, 2.75) is 25.8 Å². The third-order valence-corrected chi connectivity index (χ3v) is 2.29. The highest BCUT2D eigenvalue weighted by atomic mass is 16.5. The molecule has 1 unspecified atom stereocenters. The van der Waals surface area contributed by atoms with E-state index in [1.807, 2.05) is 0 Å². The van der Waals surface area contributed by atoms with Crippen molar-refractivity contribution < 1.29 is 9.53 Å². The van der Waals surface area contributed by atoms with E-state index >= 15 is 0 Å². The number of ketones is 1. The monoisotopic (exact) mass is 223 g/mol. The van der Waals surface area contributed by atoms with Crippen LogP contribution in [-0.2, 0) is 4.74 Å². The molecule has 88 valence electrons. The molecule has 5 heteroatoms. The molecule has 1 rings (SSSR count). The van der Waals surface area contributed by atoms with Crippen LogP contribution < -0.4 is 5.73 Å². The highest BCUT2D eigenvalue weighted by Gasteiger charge is 2.15. The topological polar surface area (TPSA) is 78.1 Å². The van der Waals surface area contributed by atoms with Gasteiger partial charge in [-0.3, -0.25) is 9.78 Å². The number of rotatable bonds is 6. The van der Waals surface area contributed by atoms with Gasteiger partial charge >= 0.3 is 0 Å². The van der Waals surface area contributed by atoms with Gasteiger partial charge < -0.3 is 10.5 Å². The average Bonchev–Trinajstić information content (AvgIpc) is 2.26. The maximum atomic E-state index is 11.8. The summed E-state index contributed by atoms with van der Waals surface area (Å²) >= 11 is 0. The molecular weight excluding hydrogens is 206 g/mol. The minimum absolute atomic E-state index is 0.0609. The Morgan fingerprint density at radius 3 is 2.81 bits per heavy atom. The van der Waals surface area contributed by atoms with E-state index in [2.05, 4.69) is 9.97 Å². The summed E-state index contributed by atoms with van der Waals surface area (Å²) in [5, 5.41) is 0. The predicted molar refractivity (Wildman–Crippen MR) is 60.2 cm³/mol. The number of nitrogens with two attached hydrogens (primary N) is 1. The first-order valence-electron chi connectivity index (χ1n) is 5.20. The number of carbonyl (C=O) groups excluding carboxylic acids is 1. The largest absolute Gasteiger partial charge is 0.385 e. The van der Waals surface area contributed by atoms with Gasteiger partial charge in [-0.1, -0.05) is 0 Å². The summed E-state index contributed by atoms with van der Waals surface area (Å²) in [6, 6.07) is -0.186. The van der Waals surface area contributed by atoms with Gasteiger partial charge in [-0.05, 0) is 13.3 Å². The Morgan fingerprint density at radius 2 is 2.19 bits per heavy atom. The summed E-state index contributed by atoms with van der Waals surface area (Å²) in [6.07, 6.45) is 4.03. The number of ether oxygens (including phenoxy) is 1. The maximum absolute atomic E-state index is 11.8. The summed E-state index contributed by atoms with van der Waals surface area (Å²) in [5.41, 5.74) is 6.86. The molecule has 2 N–H and O–H groups in total. The number of nitrogens with zero attached hydrogens (tertiary/aromatic N) is 2. The molecule has 1 aromatic rings. The van der Waals surface area contributed by atoms with Crippen molar-refractivity contribution in [1.29, 1.82) is 0 Å². The summed E-state index contributed by atoms with van der Waals surface area (Å²) < 4.78 is 4.90. The highest BCUT2D eigenvalue weighted by Crippen LogP contribution is 2.06. The lowest BCUT2D eigenvalue weighted by molar-refractivity contribution is 0.0961. The molecule has 5 nitrogen and oxygen atoms in total. The Kier molecular flexibility index (Phi) is 5.01. The molecule has 0 saturated carbocycles. The van der Waals surface area contributed by atoms with E-state index in [0.717, 1.165) is 0 Å². The molecule has 1 heterocycles. The van der Waals surface area contributed by atoms with Crippen LogP contribution in [0.25, 0.3) is 0 Å². The van der Waals surface area contributed by atoms with Gasteiger partial charge in [0.25, 0.3) is 0 Å². The average molecular weight is 223 g/mol. The van der Waals surface area contributed by atoms with Crippen LogP contribution in [0.5, 0.6) is 0 Å². The van der Waals surface area contributed by atoms with Gasteiger partial charge in [-0.25, -0.2) is 4.98 Å². The predicted octanol–water partition coefficient (Wildman–Crippen LogP) is 0.722. The molecule has 0 aliphatic rings. The second kappa shape index (κ2) is 6.30. The molecule has 0 radical (unpaired) electrons. The fourth-order valence-corrected chi connectivity index (χ4v) is 1.39. The summed E-state index contributed by atoms with van der Waals surface area (Å²) in [6.45, 7) is 2.33. The molecule has 0 fully saturated rings.